The molecule has 5 rings (SSSR count). The Bertz CT molecular complexity index is 1470. The predicted molar refractivity (Wildman–Crippen MR) is 139 cm³/mol. The predicted octanol–water partition coefficient (Wildman–Crippen LogP) is 6.99. The van der Waals surface area contributed by atoms with E-state index in [4.69, 9.17) is 9.72 Å². The minimum Gasteiger partial charge on any atom is -0.423 e. The molecule has 0 aliphatic carbocycles. The first kappa shape index (κ1) is 21.9. The van der Waals surface area contributed by atoms with Crippen molar-refractivity contribution in [2.24, 2.45) is 0 Å². The molecule has 0 saturated carbocycles. The third-order valence-corrected chi connectivity index (χ3v) is 6.28. The van der Waals surface area contributed by atoms with Crippen LogP contribution in [-0.2, 0) is 11.3 Å². The average Bonchev–Trinajstić information content (AvgIpc) is 3.22. The zero-order chi connectivity index (χ0) is 23.3. The van der Waals surface area contributed by atoms with E-state index in [0.29, 0.717) is 23.7 Å². The van der Waals surface area contributed by atoms with Crippen LogP contribution >= 0.6 is 15.9 Å². The number of fused-ring (bicyclic) bond motifs is 1. The van der Waals surface area contributed by atoms with E-state index in [1.807, 2.05) is 97.1 Å². The van der Waals surface area contributed by atoms with Crippen molar-refractivity contribution in [3.05, 3.63) is 131 Å². The van der Waals surface area contributed by atoms with Crippen molar-refractivity contribution in [1.29, 1.82) is 0 Å². The molecular weight excluding hydrogens is 488 g/mol. The van der Waals surface area contributed by atoms with Crippen LogP contribution < -0.4 is 4.74 Å². The van der Waals surface area contributed by atoms with Gasteiger partial charge in [-0.25, -0.2) is 9.78 Å². The first-order valence-electron chi connectivity index (χ1n) is 10.9. The van der Waals surface area contributed by atoms with Crippen LogP contribution in [0.3, 0.4) is 0 Å². The molecule has 0 bridgehead atoms. The summed E-state index contributed by atoms with van der Waals surface area (Å²) in [6, 6.07) is 34.7. The molecule has 1 heterocycles. The minimum absolute atomic E-state index is 0.433. The van der Waals surface area contributed by atoms with Gasteiger partial charge in [0, 0.05) is 4.47 Å². The second kappa shape index (κ2) is 9.89. The Hall–Kier alpha value is -3.96. The molecule has 166 valence electrons. The quantitative estimate of drug-likeness (QED) is 0.141. The van der Waals surface area contributed by atoms with E-state index >= 15 is 0 Å². The number of hydrogen-bond acceptors (Lipinski definition) is 3. The van der Waals surface area contributed by atoms with Gasteiger partial charge in [-0.2, -0.15) is 0 Å². The smallest absolute Gasteiger partial charge is 0.344 e. The van der Waals surface area contributed by atoms with Gasteiger partial charge in [-0.05, 0) is 47.5 Å². The third kappa shape index (κ3) is 4.70. The summed E-state index contributed by atoms with van der Waals surface area (Å²) in [6.07, 6.45) is 1.82. The fourth-order valence-corrected chi connectivity index (χ4v) is 4.24. The highest BCUT2D eigenvalue weighted by Gasteiger charge is 2.18. The van der Waals surface area contributed by atoms with Gasteiger partial charge in [-0.3, -0.25) is 0 Å². The zero-order valence-corrected chi connectivity index (χ0v) is 19.9. The van der Waals surface area contributed by atoms with E-state index in [9.17, 15) is 4.79 Å². The zero-order valence-electron chi connectivity index (χ0n) is 18.3. The first-order chi connectivity index (χ1) is 16.7. The second-order valence-electron chi connectivity index (χ2n) is 7.76. The SMILES string of the molecule is O=C(Oc1ccccc1)/C(=C/c1nc2ccccc2n1Cc1ccccc1Br)c1ccccc1. The van der Waals surface area contributed by atoms with Crippen LogP contribution in [0.15, 0.2) is 114 Å². The summed E-state index contributed by atoms with van der Waals surface area (Å²) in [5.41, 5.74) is 4.18. The van der Waals surface area contributed by atoms with Gasteiger partial charge in [0.1, 0.15) is 11.6 Å². The number of benzene rings is 4. The highest BCUT2D eigenvalue weighted by molar-refractivity contribution is 9.10. The Morgan fingerprint density at radius 3 is 2.24 bits per heavy atom. The van der Waals surface area contributed by atoms with Gasteiger partial charge in [-0.1, -0.05) is 94.8 Å². The van der Waals surface area contributed by atoms with Crippen LogP contribution in [0.2, 0.25) is 0 Å². The Kier molecular flexibility index (Phi) is 6.36. The maximum Gasteiger partial charge on any atom is 0.344 e. The third-order valence-electron chi connectivity index (χ3n) is 5.50. The van der Waals surface area contributed by atoms with Crippen molar-refractivity contribution in [3.63, 3.8) is 0 Å². The monoisotopic (exact) mass is 508 g/mol. The van der Waals surface area contributed by atoms with Crippen LogP contribution in [0.25, 0.3) is 22.7 Å². The normalized spacial score (nSPS) is 11.5. The average molecular weight is 509 g/mol. The number of hydrogen-bond donors (Lipinski definition) is 0. The molecule has 0 N–H and O–H groups in total. The van der Waals surface area contributed by atoms with E-state index in [-0.39, 0.29) is 0 Å². The van der Waals surface area contributed by atoms with Crippen LogP contribution in [-0.4, -0.2) is 15.5 Å². The number of aromatic nitrogens is 2. The second-order valence-corrected chi connectivity index (χ2v) is 8.62. The largest absolute Gasteiger partial charge is 0.423 e. The summed E-state index contributed by atoms with van der Waals surface area (Å²) in [4.78, 5) is 18.2. The Labute approximate surface area is 206 Å². The molecular formula is C29H21BrN2O2. The fourth-order valence-electron chi connectivity index (χ4n) is 3.82. The molecule has 5 heteroatoms. The summed E-state index contributed by atoms with van der Waals surface area (Å²) in [6.45, 7) is 0.601. The van der Waals surface area contributed by atoms with E-state index in [2.05, 4.69) is 26.6 Å². The van der Waals surface area contributed by atoms with Crippen LogP contribution in [0.4, 0.5) is 0 Å². The van der Waals surface area contributed by atoms with Crippen LogP contribution in [0, 0.1) is 0 Å². The Balaban J connectivity index is 1.63. The number of para-hydroxylation sites is 3. The van der Waals surface area contributed by atoms with E-state index in [0.717, 1.165) is 26.6 Å². The topological polar surface area (TPSA) is 44.1 Å². The molecule has 0 aliphatic heterocycles. The number of carbonyl (C=O) groups is 1. The van der Waals surface area contributed by atoms with E-state index < -0.39 is 5.97 Å². The standard InChI is InChI=1S/C29H21BrN2O2/c30-25-16-8-7-13-22(25)20-32-27-18-10-9-17-26(27)31-28(32)19-24(21-11-3-1-4-12-21)29(33)34-23-14-5-2-6-15-23/h1-19H,20H2/b24-19+. The van der Waals surface area contributed by atoms with Gasteiger partial charge < -0.3 is 9.30 Å². The van der Waals surface area contributed by atoms with Crippen LogP contribution in [0.5, 0.6) is 5.75 Å². The molecule has 0 radical (unpaired) electrons. The molecule has 34 heavy (non-hydrogen) atoms. The van der Waals surface area contributed by atoms with Crippen molar-refractivity contribution in [3.8, 4) is 5.75 Å². The highest BCUT2D eigenvalue weighted by Crippen LogP contribution is 2.26. The number of carbonyl (C=O) groups excluding carboxylic acids is 1. The first-order valence-corrected chi connectivity index (χ1v) is 11.7. The summed E-state index contributed by atoms with van der Waals surface area (Å²) < 4.78 is 8.84. The number of ether oxygens (including phenoxy) is 1. The molecule has 0 aliphatic rings. The maximum absolute atomic E-state index is 13.3. The summed E-state index contributed by atoms with van der Waals surface area (Å²) in [5, 5.41) is 0. The van der Waals surface area contributed by atoms with Crippen LogP contribution in [0.1, 0.15) is 17.0 Å². The van der Waals surface area contributed by atoms with Gasteiger partial charge in [-0.15, -0.1) is 0 Å². The minimum atomic E-state index is -0.433. The number of rotatable bonds is 6. The number of esters is 1. The van der Waals surface area contributed by atoms with Crippen molar-refractivity contribution in [2.75, 3.05) is 0 Å². The van der Waals surface area contributed by atoms with Gasteiger partial charge in [0.25, 0.3) is 0 Å². The van der Waals surface area contributed by atoms with Gasteiger partial charge in [0.15, 0.2) is 0 Å². The van der Waals surface area contributed by atoms with Gasteiger partial charge in [0.2, 0.25) is 0 Å². The number of imidazole rings is 1. The van der Waals surface area contributed by atoms with Crippen molar-refractivity contribution >= 4 is 44.6 Å². The molecule has 4 aromatic carbocycles. The van der Waals surface area contributed by atoms with E-state index in [1.54, 1.807) is 12.1 Å². The molecule has 4 nitrogen and oxygen atoms in total. The lowest BCUT2D eigenvalue weighted by Crippen LogP contribution is -2.11. The molecule has 0 amide bonds. The molecule has 0 fully saturated rings. The Morgan fingerprint density at radius 2 is 1.47 bits per heavy atom. The van der Waals surface area contributed by atoms with Crippen molar-refractivity contribution in [2.45, 2.75) is 6.54 Å². The lowest BCUT2D eigenvalue weighted by Gasteiger charge is -2.11. The fraction of sp³-hybridized carbons (Fsp3) is 0.0345. The maximum atomic E-state index is 13.3. The highest BCUT2D eigenvalue weighted by atomic mass is 79.9. The molecule has 1 aromatic heterocycles. The summed E-state index contributed by atoms with van der Waals surface area (Å²) in [7, 11) is 0. The lowest BCUT2D eigenvalue weighted by molar-refractivity contribution is -0.127. The number of nitrogens with zero attached hydrogens (tertiary/aromatic N) is 2. The summed E-state index contributed by atoms with van der Waals surface area (Å²) >= 11 is 3.66. The Morgan fingerprint density at radius 1 is 0.824 bits per heavy atom. The van der Waals surface area contributed by atoms with E-state index in [1.165, 1.54) is 0 Å². The molecule has 0 saturated heterocycles. The van der Waals surface area contributed by atoms with Crippen molar-refractivity contribution in [1.82, 2.24) is 9.55 Å². The molecule has 0 atom stereocenters. The van der Waals surface area contributed by atoms with Gasteiger partial charge >= 0.3 is 5.97 Å². The summed E-state index contributed by atoms with van der Waals surface area (Å²) in [5.74, 6) is 0.744. The molecule has 0 spiro atoms. The lowest BCUT2D eigenvalue weighted by atomic mass is 10.1. The molecule has 0 unspecified atom stereocenters. The number of halogens is 1. The van der Waals surface area contributed by atoms with Gasteiger partial charge in [0.05, 0.1) is 23.2 Å². The van der Waals surface area contributed by atoms with Crippen molar-refractivity contribution < 1.29 is 9.53 Å². The molecule has 5 aromatic rings.